The maximum Gasteiger partial charge on any atom is 0.123 e. The van der Waals surface area contributed by atoms with Crippen molar-refractivity contribution in [3.05, 3.63) is 87.1 Å². The van der Waals surface area contributed by atoms with E-state index in [-0.39, 0.29) is 17.2 Å². The summed E-state index contributed by atoms with van der Waals surface area (Å²) in [5.41, 5.74) is 5.44. The van der Waals surface area contributed by atoms with Crippen LogP contribution in [0.15, 0.2) is 54.8 Å². The Morgan fingerprint density at radius 1 is 1.33 bits per heavy atom. The van der Waals surface area contributed by atoms with Crippen molar-refractivity contribution in [2.75, 3.05) is 0 Å². The Balaban J connectivity index is 1.50. The van der Waals surface area contributed by atoms with E-state index in [1.54, 1.807) is 23.5 Å². The molecule has 2 aromatic heterocycles. The van der Waals surface area contributed by atoms with Gasteiger partial charge in [-0.15, -0.1) is 11.3 Å². The van der Waals surface area contributed by atoms with Gasteiger partial charge in [0, 0.05) is 9.75 Å². The molecule has 1 aromatic carbocycles. The SMILES string of the molecule is C=Cc1cc(C(O)C2CCCC3=Cc4c(cnn4-c4ccc(F)cc4)C[C@@]32C)sc1/C=C\C. The lowest BCUT2D eigenvalue weighted by molar-refractivity contribution is 0.0240. The van der Waals surface area contributed by atoms with E-state index in [0.717, 1.165) is 52.4 Å². The molecule has 3 aromatic rings. The number of thiophene rings is 1. The number of hydrogen-bond acceptors (Lipinski definition) is 3. The molecule has 0 radical (unpaired) electrons. The molecule has 0 spiro atoms. The van der Waals surface area contributed by atoms with Gasteiger partial charge in [-0.3, -0.25) is 0 Å². The largest absolute Gasteiger partial charge is 0.387 e. The van der Waals surface area contributed by atoms with Gasteiger partial charge in [0.05, 0.1) is 23.7 Å². The molecule has 170 valence electrons. The Hall–Kier alpha value is -2.76. The van der Waals surface area contributed by atoms with E-state index in [1.807, 2.05) is 30.0 Å². The lowest BCUT2D eigenvalue weighted by Gasteiger charge is -2.47. The van der Waals surface area contributed by atoms with Gasteiger partial charge in [0.1, 0.15) is 5.82 Å². The van der Waals surface area contributed by atoms with Gasteiger partial charge in [0.25, 0.3) is 0 Å². The number of rotatable bonds is 5. The van der Waals surface area contributed by atoms with Crippen molar-refractivity contribution >= 4 is 29.6 Å². The second-order valence-corrected chi connectivity index (χ2v) is 10.4. The molecule has 5 heteroatoms. The third-order valence-corrected chi connectivity index (χ3v) is 8.55. The molecule has 1 N–H and O–H groups in total. The van der Waals surface area contributed by atoms with Gasteiger partial charge in [-0.2, -0.15) is 5.10 Å². The molecule has 0 saturated heterocycles. The Kier molecular flexibility index (Phi) is 5.71. The smallest absolute Gasteiger partial charge is 0.123 e. The number of allylic oxidation sites excluding steroid dienone is 2. The van der Waals surface area contributed by atoms with Crippen LogP contribution in [0, 0.1) is 17.2 Å². The van der Waals surface area contributed by atoms with Crippen LogP contribution in [0.3, 0.4) is 0 Å². The van der Waals surface area contributed by atoms with Crippen molar-refractivity contribution in [1.82, 2.24) is 9.78 Å². The summed E-state index contributed by atoms with van der Waals surface area (Å²) in [6.07, 6.45) is 13.6. The van der Waals surface area contributed by atoms with Crippen molar-refractivity contribution in [3.63, 3.8) is 0 Å². The summed E-state index contributed by atoms with van der Waals surface area (Å²) in [5.74, 6) is -0.116. The van der Waals surface area contributed by atoms with Gasteiger partial charge in [0.2, 0.25) is 0 Å². The monoisotopic (exact) mass is 460 g/mol. The van der Waals surface area contributed by atoms with Crippen LogP contribution in [0.4, 0.5) is 4.39 Å². The number of halogens is 1. The first-order chi connectivity index (χ1) is 15.9. The average molecular weight is 461 g/mol. The highest BCUT2D eigenvalue weighted by Gasteiger charge is 2.46. The summed E-state index contributed by atoms with van der Waals surface area (Å²) < 4.78 is 15.3. The van der Waals surface area contributed by atoms with Gasteiger partial charge in [-0.25, -0.2) is 9.07 Å². The zero-order chi connectivity index (χ0) is 23.2. The Bertz CT molecular complexity index is 1250. The van der Waals surface area contributed by atoms with Gasteiger partial charge in [-0.05, 0) is 97.6 Å². The van der Waals surface area contributed by atoms with Crippen LogP contribution in [0.5, 0.6) is 0 Å². The van der Waals surface area contributed by atoms with E-state index in [9.17, 15) is 9.50 Å². The van der Waals surface area contributed by atoms with Crippen LogP contribution in [0.2, 0.25) is 0 Å². The summed E-state index contributed by atoms with van der Waals surface area (Å²) >= 11 is 1.66. The first-order valence-corrected chi connectivity index (χ1v) is 12.4. The molecule has 2 aliphatic carbocycles. The molecule has 1 fully saturated rings. The van der Waals surface area contributed by atoms with Crippen LogP contribution in [-0.2, 0) is 6.42 Å². The number of aliphatic hydroxyl groups excluding tert-OH is 1. The van der Waals surface area contributed by atoms with Crippen molar-refractivity contribution in [3.8, 4) is 5.69 Å². The zero-order valence-corrected chi connectivity index (χ0v) is 19.9. The standard InChI is InChI=1S/C28H29FN2OS/c1-4-7-25-18(5-2)14-26(33-25)27(32)23-9-6-8-20-15-24-19(16-28(20,23)3)17-30-31(24)22-12-10-21(29)11-13-22/h4-5,7,10-15,17,23,27,32H,2,6,8-9,16H2,1,3H3/b7-4-/t23?,27?,28-/m0/s1. The zero-order valence-electron chi connectivity index (χ0n) is 19.1. The average Bonchev–Trinajstić information content (AvgIpc) is 3.40. The number of aliphatic hydroxyl groups is 1. The molecule has 2 unspecified atom stereocenters. The fourth-order valence-electron chi connectivity index (χ4n) is 5.60. The molecular weight excluding hydrogens is 431 g/mol. The van der Waals surface area contributed by atoms with Gasteiger partial charge < -0.3 is 5.11 Å². The highest BCUT2D eigenvalue weighted by molar-refractivity contribution is 7.13. The molecule has 0 bridgehead atoms. The molecule has 5 rings (SSSR count). The third-order valence-electron chi connectivity index (χ3n) is 7.36. The lowest BCUT2D eigenvalue weighted by Crippen LogP contribution is -2.40. The predicted octanol–water partition coefficient (Wildman–Crippen LogP) is 7.23. The summed E-state index contributed by atoms with van der Waals surface area (Å²) in [4.78, 5) is 2.16. The predicted molar refractivity (Wildman–Crippen MR) is 135 cm³/mol. The normalized spacial score (nSPS) is 23.2. The maximum atomic E-state index is 13.4. The van der Waals surface area contributed by atoms with E-state index in [0.29, 0.717) is 0 Å². The Morgan fingerprint density at radius 3 is 2.85 bits per heavy atom. The van der Waals surface area contributed by atoms with Crippen molar-refractivity contribution in [1.29, 1.82) is 0 Å². The molecule has 2 aliphatic rings. The van der Waals surface area contributed by atoms with E-state index >= 15 is 0 Å². The number of fused-ring (bicyclic) bond motifs is 2. The molecule has 33 heavy (non-hydrogen) atoms. The number of nitrogens with zero attached hydrogens (tertiary/aromatic N) is 2. The lowest BCUT2D eigenvalue weighted by atomic mass is 9.58. The quantitative estimate of drug-likeness (QED) is 0.436. The minimum absolute atomic E-state index is 0.125. The topological polar surface area (TPSA) is 38.1 Å². The highest BCUT2D eigenvalue weighted by atomic mass is 32.1. The molecule has 0 amide bonds. The van der Waals surface area contributed by atoms with Crippen LogP contribution in [-0.4, -0.2) is 14.9 Å². The first kappa shape index (κ1) is 22.1. The summed E-state index contributed by atoms with van der Waals surface area (Å²) in [7, 11) is 0. The maximum absolute atomic E-state index is 13.4. The summed E-state index contributed by atoms with van der Waals surface area (Å²) in [6, 6.07) is 8.56. The van der Waals surface area contributed by atoms with Crippen LogP contribution >= 0.6 is 11.3 Å². The minimum atomic E-state index is -0.518. The van der Waals surface area contributed by atoms with E-state index in [2.05, 4.69) is 36.8 Å². The Labute approximate surface area is 198 Å². The van der Waals surface area contributed by atoms with Gasteiger partial charge in [-0.1, -0.05) is 31.2 Å². The molecule has 2 heterocycles. The fourth-order valence-corrected chi connectivity index (χ4v) is 6.79. The van der Waals surface area contributed by atoms with Crippen molar-refractivity contribution in [2.45, 2.75) is 45.6 Å². The van der Waals surface area contributed by atoms with E-state index < -0.39 is 6.10 Å². The molecule has 0 aliphatic heterocycles. The van der Waals surface area contributed by atoms with E-state index in [1.165, 1.54) is 23.3 Å². The Morgan fingerprint density at radius 2 is 2.12 bits per heavy atom. The third kappa shape index (κ3) is 3.73. The number of hydrogen-bond donors (Lipinski definition) is 1. The van der Waals surface area contributed by atoms with Crippen LogP contribution in [0.1, 0.15) is 65.8 Å². The first-order valence-electron chi connectivity index (χ1n) is 11.6. The number of benzene rings is 1. The molecule has 1 saturated carbocycles. The number of aromatic nitrogens is 2. The van der Waals surface area contributed by atoms with Gasteiger partial charge in [0.15, 0.2) is 0 Å². The van der Waals surface area contributed by atoms with E-state index in [4.69, 9.17) is 0 Å². The molecular formula is C28H29FN2OS. The van der Waals surface area contributed by atoms with Crippen LogP contribution < -0.4 is 0 Å². The van der Waals surface area contributed by atoms with Crippen LogP contribution in [0.25, 0.3) is 23.9 Å². The van der Waals surface area contributed by atoms with Crippen molar-refractivity contribution in [2.24, 2.45) is 11.3 Å². The highest BCUT2D eigenvalue weighted by Crippen LogP contribution is 2.55. The minimum Gasteiger partial charge on any atom is -0.387 e. The van der Waals surface area contributed by atoms with Crippen molar-refractivity contribution < 1.29 is 9.50 Å². The fraction of sp³-hybridized carbons (Fsp3) is 0.321. The van der Waals surface area contributed by atoms with Gasteiger partial charge >= 0.3 is 0 Å². The molecule has 3 atom stereocenters. The summed E-state index contributed by atoms with van der Waals surface area (Å²) in [6.45, 7) is 8.26. The summed E-state index contributed by atoms with van der Waals surface area (Å²) in [5, 5.41) is 16.2. The second-order valence-electron chi connectivity index (χ2n) is 9.32. The molecule has 3 nitrogen and oxygen atoms in total. The second kappa shape index (κ2) is 8.54.